The number of carbonyl (C=O) groups excluding carboxylic acids is 2. The first-order chi connectivity index (χ1) is 15.8. The average Bonchev–Trinajstić information content (AvgIpc) is 3.21. The lowest BCUT2D eigenvalue weighted by atomic mass is 10.1. The van der Waals surface area contributed by atoms with Gasteiger partial charge in [-0.2, -0.15) is 4.31 Å². The molecule has 0 radical (unpaired) electrons. The molecule has 2 fully saturated rings. The van der Waals surface area contributed by atoms with Crippen LogP contribution in [-0.2, 0) is 19.6 Å². The summed E-state index contributed by atoms with van der Waals surface area (Å²) < 4.78 is 40.3. The third kappa shape index (κ3) is 5.48. The van der Waals surface area contributed by atoms with Crippen molar-refractivity contribution in [1.82, 2.24) is 14.6 Å². The molecule has 0 spiro atoms. The van der Waals surface area contributed by atoms with Gasteiger partial charge in [-0.15, -0.1) is 0 Å². The summed E-state index contributed by atoms with van der Waals surface area (Å²) in [6.45, 7) is 1.90. The fraction of sp³-hybridized carbons (Fsp3) is 0.409. The van der Waals surface area contributed by atoms with Gasteiger partial charge in [0.25, 0.3) is 0 Å². The van der Waals surface area contributed by atoms with E-state index in [1.54, 1.807) is 12.3 Å². The topological polar surface area (TPSA) is 103 Å². The van der Waals surface area contributed by atoms with Crippen LogP contribution in [0.2, 0.25) is 0 Å². The molecule has 3 heterocycles. The van der Waals surface area contributed by atoms with Crippen molar-refractivity contribution in [3.63, 3.8) is 0 Å². The van der Waals surface area contributed by atoms with Gasteiger partial charge in [0.1, 0.15) is 11.6 Å². The Morgan fingerprint density at radius 3 is 2.61 bits per heavy atom. The van der Waals surface area contributed by atoms with E-state index in [4.69, 9.17) is 0 Å². The molecule has 2 saturated heterocycles. The van der Waals surface area contributed by atoms with Gasteiger partial charge in [0.2, 0.25) is 21.8 Å². The van der Waals surface area contributed by atoms with Gasteiger partial charge in [0.15, 0.2) is 0 Å². The highest BCUT2D eigenvalue weighted by Crippen LogP contribution is 2.25. The van der Waals surface area contributed by atoms with E-state index >= 15 is 0 Å². The molecule has 1 aromatic carbocycles. The molecule has 176 valence electrons. The van der Waals surface area contributed by atoms with Crippen LogP contribution < -0.4 is 15.1 Å². The molecule has 2 amide bonds. The number of aromatic nitrogens is 1. The predicted molar refractivity (Wildman–Crippen MR) is 122 cm³/mol. The summed E-state index contributed by atoms with van der Waals surface area (Å²) in [5.74, 6) is -1.10. The minimum Gasteiger partial charge on any atom is -0.355 e. The second-order valence-corrected chi connectivity index (χ2v) is 10.2. The lowest BCUT2D eigenvalue weighted by Crippen LogP contribution is -2.50. The number of rotatable bonds is 7. The summed E-state index contributed by atoms with van der Waals surface area (Å²) in [5.41, 5.74) is 0.405. The van der Waals surface area contributed by atoms with E-state index in [1.165, 1.54) is 27.4 Å². The maximum atomic E-state index is 13.5. The van der Waals surface area contributed by atoms with Crippen LogP contribution in [0.25, 0.3) is 0 Å². The zero-order chi connectivity index (χ0) is 23.4. The molecule has 0 saturated carbocycles. The highest BCUT2D eigenvalue weighted by atomic mass is 32.2. The SMILES string of the molecule is O=C(NCCS(=O)(=O)N1CCN(c2ccccn2)CC1)C1CC(=O)N(c2cccc(F)c2)C1. The number of sulfonamides is 1. The number of nitrogens with one attached hydrogen (secondary N) is 1. The molecular weight excluding hydrogens is 449 g/mol. The predicted octanol–water partition coefficient (Wildman–Crippen LogP) is 0.842. The number of pyridine rings is 1. The van der Waals surface area contributed by atoms with Gasteiger partial charge in [-0.25, -0.2) is 17.8 Å². The highest BCUT2D eigenvalue weighted by molar-refractivity contribution is 7.89. The quantitative estimate of drug-likeness (QED) is 0.637. The number of piperazine rings is 1. The number of halogens is 1. The number of hydrogen-bond acceptors (Lipinski definition) is 6. The Balaban J connectivity index is 1.24. The minimum atomic E-state index is -3.52. The van der Waals surface area contributed by atoms with Gasteiger partial charge < -0.3 is 15.1 Å². The molecule has 1 unspecified atom stereocenters. The van der Waals surface area contributed by atoms with E-state index in [9.17, 15) is 22.4 Å². The summed E-state index contributed by atoms with van der Waals surface area (Å²) in [6, 6.07) is 11.3. The zero-order valence-corrected chi connectivity index (χ0v) is 18.9. The second-order valence-electron chi connectivity index (χ2n) is 8.07. The molecule has 0 bridgehead atoms. The molecule has 1 atom stereocenters. The van der Waals surface area contributed by atoms with Crippen LogP contribution in [0.3, 0.4) is 0 Å². The molecule has 2 aliphatic heterocycles. The van der Waals surface area contributed by atoms with Gasteiger partial charge >= 0.3 is 0 Å². The first kappa shape index (κ1) is 23.1. The number of benzene rings is 1. The lowest BCUT2D eigenvalue weighted by Gasteiger charge is -2.34. The molecule has 11 heteroatoms. The monoisotopic (exact) mass is 475 g/mol. The summed E-state index contributed by atoms with van der Waals surface area (Å²) in [5, 5.41) is 2.64. The lowest BCUT2D eigenvalue weighted by molar-refractivity contribution is -0.126. The van der Waals surface area contributed by atoms with E-state index in [0.29, 0.717) is 31.9 Å². The summed E-state index contributed by atoms with van der Waals surface area (Å²) in [6.07, 6.45) is 1.71. The number of anilines is 2. The number of nitrogens with zero attached hydrogens (tertiary/aromatic N) is 4. The van der Waals surface area contributed by atoms with Crippen molar-refractivity contribution < 1.29 is 22.4 Å². The summed E-state index contributed by atoms with van der Waals surface area (Å²) in [4.78, 5) is 32.5. The van der Waals surface area contributed by atoms with E-state index in [2.05, 4.69) is 10.3 Å². The minimum absolute atomic E-state index is 0.00454. The normalized spacial score (nSPS) is 19.7. The van der Waals surface area contributed by atoms with Crippen LogP contribution in [0, 0.1) is 11.7 Å². The average molecular weight is 476 g/mol. The molecule has 2 aromatic rings. The standard InChI is InChI=1S/C22H26FN5O4S/c23-18-4-3-5-19(15-18)28-16-17(14-21(28)29)22(30)25-8-13-33(31,32)27-11-9-26(10-12-27)20-6-1-2-7-24-20/h1-7,15,17H,8-14,16H2,(H,25,30). The van der Waals surface area contributed by atoms with Gasteiger partial charge in [-0.3, -0.25) is 9.59 Å². The molecular formula is C22H26FN5O4S. The summed E-state index contributed by atoms with van der Waals surface area (Å²) >= 11 is 0. The highest BCUT2D eigenvalue weighted by Gasteiger charge is 2.35. The Hall–Kier alpha value is -3.05. The molecule has 4 rings (SSSR count). The van der Waals surface area contributed by atoms with Gasteiger partial charge in [-0.05, 0) is 30.3 Å². The number of amides is 2. The Kier molecular flexibility index (Phi) is 6.89. The molecule has 9 nitrogen and oxygen atoms in total. The van der Waals surface area contributed by atoms with E-state index in [0.717, 1.165) is 5.82 Å². The molecule has 1 N–H and O–H groups in total. The van der Waals surface area contributed by atoms with Gasteiger partial charge in [0, 0.05) is 57.6 Å². The first-order valence-electron chi connectivity index (χ1n) is 10.8. The van der Waals surface area contributed by atoms with Crippen molar-refractivity contribution in [1.29, 1.82) is 0 Å². The van der Waals surface area contributed by atoms with Crippen LogP contribution >= 0.6 is 0 Å². The first-order valence-corrected chi connectivity index (χ1v) is 12.4. The van der Waals surface area contributed by atoms with E-state index in [-0.39, 0.29) is 37.1 Å². The van der Waals surface area contributed by atoms with Crippen LogP contribution in [0.1, 0.15) is 6.42 Å². The van der Waals surface area contributed by atoms with Crippen molar-refractivity contribution in [2.24, 2.45) is 5.92 Å². The fourth-order valence-corrected chi connectivity index (χ4v) is 5.43. The third-order valence-corrected chi connectivity index (χ3v) is 7.75. The van der Waals surface area contributed by atoms with Gasteiger partial charge in [-0.1, -0.05) is 12.1 Å². The van der Waals surface area contributed by atoms with Crippen molar-refractivity contribution >= 4 is 33.3 Å². The Morgan fingerprint density at radius 2 is 1.91 bits per heavy atom. The Labute approximate surface area is 192 Å². The molecule has 2 aliphatic rings. The van der Waals surface area contributed by atoms with Gasteiger partial charge in [0.05, 0.1) is 11.7 Å². The van der Waals surface area contributed by atoms with E-state index in [1.807, 2.05) is 23.1 Å². The van der Waals surface area contributed by atoms with E-state index < -0.39 is 21.8 Å². The molecule has 33 heavy (non-hydrogen) atoms. The largest absolute Gasteiger partial charge is 0.355 e. The third-order valence-electron chi connectivity index (χ3n) is 5.88. The fourth-order valence-electron chi connectivity index (χ4n) is 4.09. The summed E-state index contributed by atoms with van der Waals surface area (Å²) in [7, 11) is -3.52. The van der Waals surface area contributed by atoms with Crippen LogP contribution in [0.5, 0.6) is 0 Å². The second kappa shape index (κ2) is 9.84. The number of carbonyl (C=O) groups is 2. The van der Waals surface area contributed by atoms with Crippen LogP contribution in [0.4, 0.5) is 15.9 Å². The number of hydrogen-bond donors (Lipinski definition) is 1. The Bertz CT molecular complexity index is 1110. The van der Waals surface area contributed by atoms with Crippen molar-refractivity contribution in [3.05, 3.63) is 54.5 Å². The smallest absolute Gasteiger partial charge is 0.227 e. The zero-order valence-electron chi connectivity index (χ0n) is 18.1. The van der Waals surface area contributed by atoms with Crippen LogP contribution in [0.15, 0.2) is 48.7 Å². The Morgan fingerprint density at radius 1 is 1.12 bits per heavy atom. The van der Waals surface area contributed by atoms with Crippen LogP contribution in [-0.4, -0.2) is 74.5 Å². The van der Waals surface area contributed by atoms with Crippen molar-refractivity contribution in [2.75, 3.05) is 54.8 Å². The van der Waals surface area contributed by atoms with Crippen molar-refractivity contribution in [2.45, 2.75) is 6.42 Å². The maximum absolute atomic E-state index is 13.5. The van der Waals surface area contributed by atoms with Crippen molar-refractivity contribution in [3.8, 4) is 0 Å². The molecule has 1 aromatic heterocycles. The molecule has 0 aliphatic carbocycles. The maximum Gasteiger partial charge on any atom is 0.227 e.